The molecule has 7 heteroatoms. The van der Waals surface area contributed by atoms with E-state index < -0.39 is 10.0 Å². The molecule has 0 radical (unpaired) electrons. The Kier molecular flexibility index (Phi) is 5.69. The molecule has 1 atom stereocenters. The van der Waals surface area contributed by atoms with Gasteiger partial charge < -0.3 is 5.11 Å². The quantitative estimate of drug-likeness (QED) is 0.812. The van der Waals surface area contributed by atoms with Gasteiger partial charge in [0.1, 0.15) is 5.01 Å². The van der Waals surface area contributed by atoms with E-state index >= 15 is 0 Å². The van der Waals surface area contributed by atoms with Crippen molar-refractivity contribution in [1.82, 2.24) is 9.71 Å². The topological polar surface area (TPSA) is 79.3 Å². The van der Waals surface area contributed by atoms with Crippen LogP contribution in [0.2, 0.25) is 0 Å². The summed E-state index contributed by atoms with van der Waals surface area (Å²) in [6.07, 6.45) is 1.17. The number of nitrogens with one attached hydrogen (secondary N) is 1. The molecule has 1 aromatic carbocycles. The van der Waals surface area contributed by atoms with Crippen LogP contribution < -0.4 is 4.72 Å². The van der Waals surface area contributed by atoms with Gasteiger partial charge in [0.05, 0.1) is 4.90 Å². The summed E-state index contributed by atoms with van der Waals surface area (Å²) in [6.45, 7) is 3.76. The first-order valence-electron chi connectivity index (χ1n) is 7.08. The Labute approximate surface area is 135 Å². The lowest BCUT2D eigenvalue weighted by molar-refractivity contribution is 0.279. The highest BCUT2D eigenvalue weighted by atomic mass is 32.2. The maximum atomic E-state index is 12.4. The number of rotatable bonds is 7. The summed E-state index contributed by atoms with van der Waals surface area (Å²) in [5.41, 5.74) is 1.72. The molecule has 0 spiro atoms. The zero-order valence-corrected chi connectivity index (χ0v) is 14.2. The van der Waals surface area contributed by atoms with E-state index in [0.29, 0.717) is 12.8 Å². The highest BCUT2D eigenvalue weighted by Crippen LogP contribution is 2.25. The molecule has 0 saturated carbocycles. The average molecular weight is 340 g/mol. The van der Waals surface area contributed by atoms with Gasteiger partial charge in [-0.05, 0) is 38.8 Å². The number of thiazole rings is 1. The third-order valence-electron chi connectivity index (χ3n) is 3.16. The number of nitrogens with zero attached hydrogens (tertiary/aromatic N) is 1. The SMILES string of the molecule is Cc1csc(-c2cccc(S(=O)(=O)N[C@H](C)CCCO)c2)n1. The molecule has 2 N–H and O–H groups in total. The number of sulfonamides is 1. The minimum atomic E-state index is -3.57. The van der Waals surface area contributed by atoms with Crippen molar-refractivity contribution in [3.8, 4) is 10.6 Å². The Morgan fingerprint density at radius 1 is 1.41 bits per heavy atom. The molecule has 0 aliphatic rings. The summed E-state index contributed by atoms with van der Waals surface area (Å²) < 4.78 is 27.4. The molecule has 0 amide bonds. The van der Waals surface area contributed by atoms with Crippen LogP contribution in [0.15, 0.2) is 34.5 Å². The Bertz CT molecular complexity index is 726. The van der Waals surface area contributed by atoms with Gasteiger partial charge in [-0.1, -0.05) is 12.1 Å². The third-order valence-corrected chi connectivity index (χ3v) is 5.76. The van der Waals surface area contributed by atoms with E-state index in [1.807, 2.05) is 18.4 Å². The molecule has 22 heavy (non-hydrogen) atoms. The Balaban J connectivity index is 2.21. The molecule has 120 valence electrons. The fraction of sp³-hybridized carbons (Fsp3) is 0.400. The Morgan fingerprint density at radius 3 is 2.82 bits per heavy atom. The van der Waals surface area contributed by atoms with E-state index in [1.54, 1.807) is 25.1 Å². The van der Waals surface area contributed by atoms with Crippen LogP contribution in [0, 0.1) is 6.92 Å². The lowest BCUT2D eigenvalue weighted by Crippen LogP contribution is -2.32. The predicted octanol–water partition coefficient (Wildman–Crippen LogP) is 2.56. The van der Waals surface area contributed by atoms with Crippen LogP contribution in [0.3, 0.4) is 0 Å². The van der Waals surface area contributed by atoms with Crippen molar-refractivity contribution in [2.45, 2.75) is 37.6 Å². The fourth-order valence-corrected chi connectivity index (χ4v) is 4.19. The molecule has 1 aromatic heterocycles. The van der Waals surface area contributed by atoms with Crippen molar-refractivity contribution in [2.75, 3.05) is 6.61 Å². The number of aromatic nitrogens is 1. The van der Waals surface area contributed by atoms with Gasteiger partial charge in [-0.15, -0.1) is 11.3 Å². The van der Waals surface area contributed by atoms with Gasteiger partial charge in [-0.2, -0.15) is 0 Å². The van der Waals surface area contributed by atoms with Crippen LogP contribution in [-0.4, -0.2) is 31.2 Å². The zero-order chi connectivity index (χ0) is 16.2. The Morgan fingerprint density at radius 2 is 2.18 bits per heavy atom. The van der Waals surface area contributed by atoms with E-state index in [1.165, 1.54) is 11.3 Å². The molecule has 0 saturated heterocycles. The summed E-state index contributed by atoms with van der Waals surface area (Å²) in [5.74, 6) is 0. The van der Waals surface area contributed by atoms with Gasteiger partial charge in [0.2, 0.25) is 10.0 Å². The number of benzene rings is 1. The maximum Gasteiger partial charge on any atom is 0.240 e. The summed E-state index contributed by atoms with van der Waals surface area (Å²) in [7, 11) is -3.57. The van der Waals surface area contributed by atoms with Crippen molar-refractivity contribution >= 4 is 21.4 Å². The first kappa shape index (κ1) is 17.1. The molecule has 2 aromatic rings. The second-order valence-electron chi connectivity index (χ2n) is 5.21. The minimum absolute atomic E-state index is 0.0605. The summed E-state index contributed by atoms with van der Waals surface area (Å²) in [6, 6.07) is 6.57. The minimum Gasteiger partial charge on any atom is -0.396 e. The second kappa shape index (κ2) is 7.32. The molecule has 0 aliphatic heterocycles. The zero-order valence-electron chi connectivity index (χ0n) is 12.6. The van der Waals surface area contributed by atoms with Gasteiger partial charge in [0, 0.05) is 29.3 Å². The summed E-state index contributed by atoms with van der Waals surface area (Å²) in [4.78, 5) is 4.61. The monoisotopic (exact) mass is 340 g/mol. The van der Waals surface area contributed by atoms with E-state index in [-0.39, 0.29) is 17.5 Å². The van der Waals surface area contributed by atoms with Crippen LogP contribution >= 0.6 is 11.3 Å². The van der Waals surface area contributed by atoms with Crippen molar-refractivity contribution in [3.05, 3.63) is 35.3 Å². The largest absolute Gasteiger partial charge is 0.396 e. The van der Waals surface area contributed by atoms with Gasteiger partial charge in [0.15, 0.2) is 0 Å². The van der Waals surface area contributed by atoms with Gasteiger partial charge in [-0.25, -0.2) is 18.1 Å². The first-order valence-corrected chi connectivity index (χ1v) is 9.44. The molecule has 0 unspecified atom stereocenters. The molecular weight excluding hydrogens is 320 g/mol. The predicted molar refractivity (Wildman–Crippen MR) is 88.4 cm³/mol. The molecular formula is C15H20N2O3S2. The average Bonchev–Trinajstić information content (AvgIpc) is 2.91. The van der Waals surface area contributed by atoms with Crippen molar-refractivity contribution < 1.29 is 13.5 Å². The summed E-state index contributed by atoms with van der Waals surface area (Å²) in [5, 5.41) is 11.6. The number of aryl methyl sites for hydroxylation is 1. The normalized spacial score (nSPS) is 13.2. The van der Waals surface area contributed by atoms with Gasteiger partial charge in [-0.3, -0.25) is 0 Å². The lowest BCUT2D eigenvalue weighted by atomic mass is 10.2. The van der Waals surface area contributed by atoms with Crippen molar-refractivity contribution in [2.24, 2.45) is 0 Å². The lowest BCUT2D eigenvalue weighted by Gasteiger charge is -2.14. The van der Waals surface area contributed by atoms with Crippen LogP contribution in [0.4, 0.5) is 0 Å². The molecule has 5 nitrogen and oxygen atoms in total. The third kappa shape index (κ3) is 4.36. The highest BCUT2D eigenvalue weighted by Gasteiger charge is 2.18. The van der Waals surface area contributed by atoms with Crippen molar-refractivity contribution in [3.63, 3.8) is 0 Å². The van der Waals surface area contributed by atoms with E-state index in [4.69, 9.17) is 5.11 Å². The number of hydrogen-bond acceptors (Lipinski definition) is 5. The van der Waals surface area contributed by atoms with Crippen LogP contribution in [-0.2, 0) is 10.0 Å². The van der Waals surface area contributed by atoms with Gasteiger partial charge >= 0.3 is 0 Å². The summed E-state index contributed by atoms with van der Waals surface area (Å²) >= 11 is 1.49. The molecule has 0 fully saturated rings. The number of aliphatic hydroxyl groups excluding tert-OH is 1. The number of hydrogen-bond donors (Lipinski definition) is 2. The van der Waals surface area contributed by atoms with Crippen molar-refractivity contribution in [1.29, 1.82) is 0 Å². The first-order chi connectivity index (χ1) is 10.4. The van der Waals surface area contributed by atoms with E-state index in [2.05, 4.69) is 9.71 Å². The van der Waals surface area contributed by atoms with Crippen LogP contribution in [0.5, 0.6) is 0 Å². The van der Waals surface area contributed by atoms with Gasteiger partial charge in [0.25, 0.3) is 0 Å². The number of aliphatic hydroxyl groups is 1. The fourth-order valence-electron chi connectivity index (χ4n) is 2.07. The molecule has 0 aliphatic carbocycles. The molecule has 1 heterocycles. The van der Waals surface area contributed by atoms with E-state index in [9.17, 15) is 8.42 Å². The molecule has 0 bridgehead atoms. The Hall–Kier alpha value is -1.28. The van der Waals surface area contributed by atoms with E-state index in [0.717, 1.165) is 16.3 Å². The van der Waals surface area contributed by atoms with Crippen LogP contribution in [0.25, 0.3) is 10.6 Å². The smallest absolute Gasteiger partial charge is 0.240 e. The molecule has 2 rings (SSSR count). The standard InChI is InChI=1S/C15H20N2O3S2/c1-11(5-4-8-18)17-22(19,20)14-7-3-6-13(9-14)15-16-12(2)10-21-15/h3,6-7,9-11,17-18H,4-5,8H2,1-2H3/t11-/m1/s1. The van der Waals surface area contributed by atoms with Crippen LogP contribution in [0.1, 0.15) is 25.5 Å². The maximum absolute atomic E-state index is 12.4. The second-order valence-corrected chi connectivity index (χ2v) is 7.78. The highest BCUT2D eigenvalue weighted by molar-refractivity contribution is 7.89.